The van der Waals surface area contributed by atoms with Gasteiger partial charge in [-0.1, -0.05) is 27.7 Å². The molecule has 0 aromatic heterocycles. The van der Waals surface area contributed by atoms with Crippen molar-refractivity contribution in [3.8, 4) is 0 Å². The third kappa shape index (κ3) is 6.46. The third-order valence-corrected chi connectivity index (χ3v) is 5.81. The molecule has 168 valence electrons. The summed E-state index contributed by atoms with van der Waals surface area (Å²) in [7, 11) is 4.00. The van der Waals surface area contributed by atoms with Crippen molar-refractivity contribution in [3.63, 3.8) is 0 Å². The zero-order chi connectivity index (χ0) is 22.3. The largest absolute Gasteiger partial charge is 0.377 e. The Bertz CT molecular complexity index is 708. The first-order valence-electron chi connectivity index (χ1n) is 11.3. The number of rotatable bonds is 10. The Morgan fingerprint density at radius 2 is 1.90 bits per heavy atom. The van der Waals surface area contributed by atoms with E-state index < -0.39 is 0 Å². The van der Waals surface area contributed by atoms with Crippen LogP contribution in [0, 0.1) is 11.8 Å². The van der Waals surface area contributed by atoms with E-state index in [4.69, 9.17) is 4.74 Å². The molecule has 1 saturated heterocycles. The molecule has 1 aliphatic rings. The molecule has 1 aromatic rings. The van der Waals surface area contributed by atoms with Crippen LogP contribution < -0.4 is 10.2 Å². The van der Waals surface area contributed by atoms with Gasteiger partial charge < -0.3 is 19.9 Å². The summed E-state index contributed by atoms with van der Waals surface area (Å²) in [6.45, 7) is 9.80. The van der Waals surface area contributed by atoms with Crippen LogP contribution in [0.25, 0.3) is 0 Å². The molecule has 1 aromatic carbocycles. The number of carbonyl (C=O) groups excluding carboxylic acids is 2. The fourth-order valence-corrected chi connectivity index (χ4v) is 3.88. The number of nitrogens with zero attached hydrogens (tertiary/aromatic N) is 2. The van der Waals surface area contributed by atoms with Crippen LogP contribution in [0.1, 0.15) is 58.9 Å². The Hall–Kier alpha value is -2.08. The maximum Gasteiger partial charge on any atom is 0.226 e. The average molecular weight is 418 g/mol. The lowest BCUT2D eigenvalue weighted by atomic mass is 10.0. The van der Waals surface area contributed by atoms with E-state index in [2.05, 4.69) is 24.1 Å². The van der Waals surface area contributed by atoms with Crippen LogP contribution in [0.4, 0.5) is 11.4 Å². The molecule has 0 saturated carbocycles. The minimum atomic E-state index is -0.0885. The molecule has 1 N–H and O–H groups in total. The van der Waals surface area contributed by atoms with Gasteiger partial charge in [-0.05, 0) is 49.4 Å². The lowest BCUT2D eigenvalue weighted by molar-refractivity contribution is -0.138. The van der Waals surface area contributed by atoms with Gasteiger partial charge in [0.05, 0.1) is 6.10 Å². The van der Waals surface area contributed by atoms with Crippen LogP contribution in [-0.2, 0) is 20.9 Å². The Balaban J connectivity index is 2.32. The molecule has 0 bridgehead atoms. The van der Waals surface area contributed by atoms with E-state index in [0.29, 0.717) is 13.1 Å². The molecular formula is C24H39N3O3. The van der Waals surface area contributed by atoms with E-state index in [1.165, 1.54) is 0 Å². The molecule has 6 nitrogen and oxygen atoms in total. The highest BCUT2D eigenvalue weighted by Gasteiger charge is 2.27. The topological polar surface area (TPSA) is 61.9 Å². The van der Waals surface area contributed by atoms with Crippen molar-refractivity contribution in [1.82, 2.24) is 4.90 Å². The number of benzene rings is 1. The van der Waals surface area contributed by atoms with Crippen molar-refractivity contribution >= 4 is 23.2 Å². The first kappa shape index (κ1) is 24.2. The van der Waals surface area contributed by atoms with Crippen LogP contribution in [0.2, 0.25) is 0 Å². The van der Waals surface area contributed by atoms with Crippen molar-refractivity contribution < 1.29 is 14.3 Å². The van der Waals surface area contributed by atoms with Gasteiger partial charge in [-0.3, -0.25) is 9.59 Å². The Labute approximate surface area is 182 Å². The third-order valence-electron chi connectivity index (χ3n) is 5.81. The average Bonchev–Trinajstić information content (AvgIpc) is 3.21. The van der Waals surface area contributed by atoms with Gasteiger partial charge in [0.1, 0.15) is 0 Å². The standard InChI is InChI=1S/C24H39N3O3/c1-7-18(8-2)24(29)27(16-21-10-9-13-30-21)15-19-14-20(25-23(28)17(3)4)11-12-22(19)26(5)6/h11-12,14,17-18,21H,7-10,13,15-16H2,1-6H3,(H,25,28)/t21-/m0/s1. The lowest BCUT2D eigenvalue weighted by Gasteiger charge is -2.30. The number of carbonyl (C=O) groups is 2. The molecule has 2 amide bonds. The van der Waals surface area contributed by atoms with Crippen molar-refractivity contribution in [2.75, 3.05) is 37.5 Å². The second kappa shape index (κ2) is 11.3. The van der Waals surface area contributed by atoms with E-state index in [9.17, 15) is 9.59 Å². The van der Waals surface area contributed by atoms with Crippen molar-refractivity contribution in [3.05, 3.63) is 23.8 Å². The molecule has 1 atom stereocenters. The first-order valence-corrected chi connectivity index (χ1v) is 11.3. The van der Waals surface area contributed by atoms with E-state index in [1.807, 2.05) is 51.0 Å². The molecule has 0 radical (unpaired) electrons. The molecule has 0 unspecified atom stereocenters. The summed E-state index contributed by atoms with van der Waals surface area (Å²) in [4.78, 5) is 29.5. The second-order valence-corrected chi connectivity index (χ2v) is 8.75. The van der Waals surface area contributed by atoms with E-state index in [-0.39, 0.29) is 29.8 Å². The molecule has 1 fully saturated rings. The van der Waals surface area contributed by atoms with Gasteiger partial charge >= 0.3 is 0 Å². The van der Waals surface area contributed by atoms with Gasteiger partial charge in [0, 0.05) is 57.0 Å². The van der Waals surface area contributed by atoms with Crippen LogP contribution in [0.3, 0.4) is 0 Å². The van der Waals surface area contributed by atoms with E-state index >= 15 is 0 Å². The maximum absolute atomic E-state index is 13.3. The fraction of sp³-hybridized carbons (Fsp3) is 0.667. The summed E-state index contributed by atoms with van der Waals surface area (Å²) in [5.74, 6) is 0.118. The second-order valence-electron chi connectivity index (χ2n) is 8.75. The summed E-state index contributed by atoms with van der Waals surface area (Å²) in [6.07, 6.45) is 3.83. The molecule has 2 rings (SSSR count). The number of nitrogens with one attached hydrogen (secondary N) is 1. The molecule has 1 heterocycles. The van der Waals surface area contributed by atoms with Gasteiger partial charge in [-0.2, -0.15) is 0 Å². The summed E-state index contributed by atoms with van der Waals surface area (Å²) in [5, 5.41) is 2.98. The molecule has 0 spiro atoms. The minimum absolute atomic E-state index is 0.0112. The Morgan fingerprint density at radius 3 is 2.43 bits per heavy atom. The molecular weight excluding hydrogens is 378 g/mol. The summed E-state index contributed by atoms with van der Waals surface area (Å²) in [5.41, 5.74) is 2.84. The highest BCUT2D eigenvalue weighted by molar-refractivity contribution is 5.92. The fourth-order valence-electron chi connectivity index (χ4n) is 3.88. The number of anilines is 2. The molecule has 30 heavy (non-hydrogen) atoms. The van der Waals surface area contributed by atoms with Gasteiger partial charge in [0.15, 0.2) is 0 Å². The van der Waals surface area contributed by atoms with Crippen LogP contribution in [0.5, 0.6) is 0 Å². The predicted octanol–water partition coefficient (Wildman–Crippen LogP) is 4.29. The highest BCUT2D eigenvalue weighted by atomic mass is 16.5. The van der Waals surface area contributed by atoms with E-state index in [0.717, 1.165) is 49.2 Å². The molecule has 1 aliphatic heterocycles. The molecule has 6 heteroatoms. The summed E-state index contributed by atoms with van der Waals surface area (Å²) >= 11 is 0. The number of hydrogen-bond acceptors (Lipinski definition) is 4. The zero-order valence-corrected chi connectivity index (χ0v) is 19.5. The Morgan fingerprint density at radius 1 is 1.20 bits per heavy atom. The SMILES string of the molecule is CCC(CC)C(=O)N(Cc1cc(NC(=O)C(C)C)ccc1N(C)C)C[C@@H]1CCCO1. The number of hydrogen-bond donors (Lipinski definition) is 1. The van der Waals surface area contributed by atoms with Crippen molar-refractivity contribution in [2.24, 2.45) is 11.8 Å². The van der Waals surface area contributed by atoms with Crippen LogP contribution >= 0.6 is 0 Å². The van der Waals surface area contributed by atoms with Gasteiger partial charge in [-0.25, -0.2) is 0 Å². The minimum Gasteiger partial charge on any atom is -0.377 e. The lowest BCUT2D eigenvalue weighted by Crippen LogP contribution is -2.40. The maximum atomic E-state index is 13.3. The van der Waals surface area contributed by atoms with Crippen LogP contribution in [0.15, 0.2) is 18.2 Å². The predicted molar refractivity (Wildman–Crippen MR) is 123 cm³/mol. The highest BCUT2D eigenvalue weighted by Crippen LogP contribution is 2.27. The van der Waals surface area contributed by atoms with Gasteiger partial charge in [-0.15, -0.1) is 0 Å². The van der Waals surface area contributed by atoms with E-state index in [1.54, 1.807) is 0 Å². The monoisotopic (exact) mass is 417 g/mol. The smallest absolute Gasteiger partial charge is 0.226 e. The Kier molecular flexibility index (Phi) is 9.15. The van der Waals surface area contributed by atoms with Gasteiger partial charge in [0.2, 0.25) is 11.8 Å². The van der Waals surface area contributed by atoms with Crippen molar-refractivity contribution in [1.29, 1.82) is 0 Å². The van der Waals surface area contributed by atoms with Gasteiger partial charge in [0.25, 0.3) is 0 Å². The zero-order valence-electron chi connectivity index (χ0n) is 19.5. The first-order chi connectivity index (χ1) is 14.3. The summed E-state index contributed by atoms with van der Waals surface area (Å²) in [6, 6.07) is 5.93. The van der Waals surface area contributed by atoms with Crippen molar-refractivity contribution in [2.45, 2.75) is 66.0 Å². The number of ether oxygens (including phenoxy) is 1. The van der Waals surface area contributed by atoms with Crippen LogP contribution in [-0.4, -0.2) is 50.1 Å². The molecule has 0 aliphatic carbocycles. The summed E-state index contributed by atoms with van der Waals surface area (Å²) < 4.78 is 5.84. The quantitative estimate of drug-likeness (QED) is 0.617. The number of amides is 2. The normalized spacial score (nSPS) is 16.2.